The van der Waals surface area contributed by atoms with Gasteiger partial charge in [0.05, 0.1) is 0 Å². The number of carbonyl (C=O) groups is 1. The zero-order chi connectivity index (χ0) is 16.8. The fraction of sp³-hybridized carbons (Fsp3) is 0.562. The first-order chi connectivity index (χ1) is 10.2. The number of carbonyl (C=O) groups excluding carboxylic acids is 1. The van der Waals surface area contributed by atoms with E-state index in [1.165, 1.54) is 0 Å². The van der Waals surface area contributed by atoms with Crippen molar-refractivity contribution in [3.05, 3.63) is 33.8 Å². The molecule has 1 unspecified atom stereocenters. The molecule has 0 saturated heterocycles. The van der Waals surface area contributed by atoms with Crippen molar-refractivity contribution < 1.29 is 9.53 Å². The first-order valence-electron chi connectivity index (χ1n) is 7.35. The second-order valence-corrected chi connectivity index (χ2v) is 7.02. The number of halogens is 2. The molecule has 6 heteroatoms. The Bertz CT molecular complexity index is 481. The normalized spacial score (nSPS) is 12.8. The van der Waals surface area contributed by atoms with Crippen molar-refractivity contribution in [3.8, 4) is 0 Å². The smallest absolute Gasteiger partial charge is 0.407 e. The molecule has 2 N–H and O–H groups in total. The molecule has 124 valence electrons. The number of nitrogens with one attached hydrogen (secondary N) is 2. The third-order valence-electron chi connectivity index (χ3n) is 2.90. The molecule has 0 radical (unpaired) electrons. The number of hydrogen-bond donors (Lipinski definition) is 2. The molecular weight excluding hydrogens is 323 g/mol. The van der Waals surface area contributed by atoms with E-state index in [4.69, 9.17) is 27.9 Å². The van der Waals surface area contributed by atoms with Gasteiger partial charge in [-0.3, -0.25) is 0 Å². The standard InChI is InChI=1S/C16H24Cl2N2O2/c1-5-14(10-20-15(21)22-16(2,3)4)19-9-11-6-12(17)8-13(18)7-11/h6-8,14,19H,5,9-10H2,1-4H3,(H,20,21). The molecule has 0 aliphatic heterocycles. The first kappa shape index (κ1) is 19.1. The number of alkyl carbamates (subject to hydrolysis) is 1. The quantitative estimate of drug-likeness (QED) is 0.803. The van der Waals surface area contributed by atoms with Gasteiger partial charge in [-0.2, -0.15) is 0 Å². The second kappa shape index (κ2) is 8.61. The molecular formula is C16H24Cl2N2O2. The molecule has 22 heavy (non-hydrogen) atoms. The van der Waals surface area contributed by atoms with Crippen molar-refractivity contribution in [2.24, 2.45) is 0 Å². The van der Waals surface area contributed by atoms with E-state index in [1.807, 2.05) is 32.9 Å². The highest BCUT2D eigenvalue weighted by Crippen LogP contribution is 2.19. The highest BCUT2D eigenvalue weighted by Gasteiger charge is 2.16. The van der Waals surface area contributed by atoms with Crippen molar-refractivity contribution in [1.82, 2.24) is 10.6 Å². The van der Waals surface area contributed by atoms with Crippen LogP contribution in [-0.2, 0) is 11.3 Å². The summed E-state index contributed by atoms with van der Waals surface area (Å²) in [6.45, 7) is 8.70. The number of rotatable bonds is 6. The molecule has 1 aromatic rings. The topological polar surface area (TPSA) is 50.4 Å². The summed E-state index contributed by atoms with van der Waals surface area (Å²) in [4.78, 5) is 11.6. The van der Waals surface area contributed by atoms with Crippen LogP contribution in [0.25, 0.3) is 0 Å². The molecule has 0 aliphatic rings. The van der Waals surface area contributed by atoms with Gasteiger partial charge >= 0.3 is 6.09 Å². The average molecular weight is 347 g/mol. The van der Waals surface area contributed by atoms with Gasteiger partial charge in [-0.05, 0) is 51.0 Å². The van der Waals surface area contributed by atoms with Gasteiger partial charge in [-0.15, -0.1) is 0 Å². The summed E-state index contributed by atoms with van der Waals surface area (Å²) in [5.41, 5.74) is 0.518. The van der Waals surface area contributed by atoms with Gasteiger partial charge in [0, 0.05) is 29.2 Å². The number of ether oxygens (including phenoxy) is 1. The van der Waals surface area contributed by atoms with Crippen LogP contribution in [0.3, 0.4) is 0 Å². The number of hydrogen-bond acceptors (Lipinski definition) is 3. The van der Waals surface area contributed by atoms with Crippen LogP contribution < -0.4 is 10.6 Å². The van der Waals surface area contributed by atoms with Gasteiger partial charge in [0.1, 0.15) is 5.60 Å². The zero-order valence-corrected chi connectivity index (χ0v) is 15.0. The van der Waals surface area contributed by atoms with E-state index in [0.29, 0.717) is 23.1 Å². The summed E-state index contributed by atoms with van der Waals surface area (Å²) in [7, 11) is 0. The summed E-state index contributed by atoms with van der Waals surface area (Å²) >= 11 is 12.0. The van der Waals surface area contributed by atoms with E-state index >= 15 is 0 Å². The molecule has 0 aliphatic carbocycles. The molecule has 0 spiro atoms. The summed E-state index contributed by atoms with van der Waals surface area (Å²) in [6, 6.07) is 5.59. The maximum Gasteiger partial charge on any atom is 0.407 e. The van der Waals surface area contributed by atoms with Crippen molar-refractivity contribution in [2.75, 3.05) is 6.54 Å². The predicted octanol–water partition coefficient (Wildman–Crippen LogP) is 4.39. The Morgan fingerprint density at radius 2 is 1.82 bits per heavy atom. The predicted molar refractivity (Wildman–Crippen MR) is 91.6 cm³/mol. The maximum atomic E-state index is 11.6. The van der Waals surface area contributed by atoms with E-state index in [9.17, 15) is 4.79 Å². The Morgan fingerprint density at radius 1 is 1.23 bits per heavy atom. The van der Waals surface area contributed by atoms with Crippen LogP contribution in [0.1, 0.15) is 39.7 Å². The van der Waals surface area contributed by atoms with Gasteiger partial charge < -0.3 is 15.4 Å². The molecule has 0 fully saturated rings. The van der Waals surface area contributed by atoms with E-state index < -0.39 is 11.7 Å². The summed E-state index contributed by atoms with van der Waals surface area (Å²) in [6.07, 6.45) is 0.475. The van der Waals surface area contributed by atoms with E-state index in [0.717, 1.165) is 12.0 Å². The molecule has 1 rings (SSSR count). The van der Waals surface area contributed by atoms with Gasteiger partial charge in [-0.1, -0.05) is 30.1 Å². The minimum absolute atomic E-state index is 0.144. The van der Waals surface area contributed by atoms with E-state index in [-0.39, 0.29) is 6.04 Å². The van der Waals surface area contributed by atoms with Crippen LogP contribution in [0.15, 0.2) is 18.2 Å². The molecule has 1 atom stereocenters. The minimum atomic E-state index is -0.489. The van der Waals surface area contributed by atoms with Crippen LogP contribution in [0.2, 0.25) is 10.0 Å². The Hall–Kier alpha value is -0.970. The zero-order valence-electron chi connectivity index (χ0n) is 13.5. The Balaban J connectivity index is 2.43. The van der Waals surface area contributed by atoms with Crippen LogP contribution in [0.5, 0.6) is 0 Å². The summed E-state index contributed by atoms with van der Waals surface area (Å²) in [5, 5.41) is 7.37. The van der Waals surface area contributed by atoms with Gasteiger partial charge in [-0.25, -0.2) is 4.79 Å². The lowest BCUT2D eigenvalue weighted by molar-refractivity contribution is 0.0522. The Morgan fingerprint density at radius 3 is 2.32 bits per heavy atom. The van der Waals surface area contributed by atoms with Crippen molar-refractivity contribution in [2.45, 2.75) is 52.3 Å². The van der Waals surface area contributed by atoms with Gasteiger partial charge in [0.15, 0.2) is 0 Å². The van der Waals surface area contributed by atoms with Crippen LogP contribution in [0, 0.1) is 0 Å². The van der Waals surface area contributed by atoms with Gasteiger partial charge in [0.25, 0.3) is 0 Å². The number of amides is 1. The first-order valence-corrected chi connectivity index (χ1v) is 8.10. The van der Waals surface area contributed by atoms with Crippen molar-refractivity contribution >= 4 is 29.3 Å². The molecule has 0 bridgehead atoms. The van der Waals surface area contributed by atoms with Crippen LogP contribution in [0.4, 0.5) is 4.79 Å². The lowest BCUT2D eigenvalue weighted by Gasteiger charge is -2.22. The molecule has 0 heterocycles. The molecule has 0 aromatic heterocycles. The SMILES string of the molecule is CCC(CNC(=O)OC(C)(C)C)NCc1cc(Cl)cc(Cl)c1. The average Bonchev–Trinajstić information content (AvgIpc) is 2.35. The lowest BCUT2D eigenvalue weighted by atomic mass is 10.2. The summed E-state index contributed by atoms with van der Waals surface area (Å²) < 4.78 is 5.21. The van der Waals surface area contributed by atoms with E-state index in [2.05, 4.69) is 17.6 Å². The summed E-state index contributed by atoms with van der Waals surface area (Å²) in [5.74, 6) is 0. The highest BCUT2D eigenvalue weighted by molar-refractivity contribution is 6.34. The minimum Gasteiger partial charge on any atom is -0.444 e. The largest absolute Gasteiger partial charge is 0.444 e. The monoisotopic (exact) mass is 346 g/mol. The molecule has 1 aromatic carbocycles. The van der Waals surface area contributed by atoms with Gasteiger partial charge in [0.2, 0.25) is 0 Å². The molecule has 1 amide bonds. The lowest BCUT2D eigenvalue weighted by Crippen LogP contribution is -2.42. The van der Waals surface area contributed by atoms with Crippen LogP contribution in [-0.4, -0.2) is 24.3 Å². The van der Waals surface area contributed by atoms with Crippen molar-refractivity contribution in [1.29, 1.82) is 0 Å². The fourth-order valence-electron chi connectivity index (χ4n) is 1.86. The second-order valence-electron chi connectivity index (χ2n) is 6.15. The Kier molecular flexibility index (Phi) is 7.46. The number of benzene rings is 1. The van der Waals surface area contributed by atoms with E-state index in [1.54, 1.807) is 6.07 Å². The Labute approximate surface area is 142 Å². The highest BCUT2D eigenvalue weighted by atomic mass is 35.5. The maximum absolute atomic E-state index is 11.6. The third kappa shape index (κ3) is 7.87. The molecule has 0 saturated carbocycles. The van der Waals surface area contributed by atoms with Crippen LogP contribution >= 0.6 is 23.2 Å². The molecule has 4 nitrogen and oxygen atoms in total. The third-order valence-corrected chi connectivity index (χ3v) is 3.34. The fourth-order valence-corrected chi connectivity index (χ4v) is 2.43. The van der Waals surface area contributed by atoms with Crippen molar-refractivity contribution in [3.63, 3.8) is 0 Å².